The normalized spacial score (nSPS) is 44.5. The number of hydrogen-bond acceptors (Lipinski definition) is 3. The van der Waals surface area contributed by atoms with E-state index in [9.17, 15) is 0 Å². The van der Waals surface area contributed by atoms with E-state index in [1.165, 1.54) is 38.5 Å². The Morgan fingerprint density at radius 3 is 2.39 bits per heavy atom. The van der Waals surface area contributed by atoms with Gasteiger partial charge < -0.3 is 13.9 Å². The Balaban J connectivity index is 1.36. The maximum Gasteiger partial charge on any atom is 0.192 e. The van der Waals surface area contributed by atoms with Crippen LogP contribution in [0.1, 0.15) is 86.0 Å². The maximum absolute atomic E-state index is 6.91. The Hall–Kier alpha value is -0.163. The van der Waals surface area contributed by atoms with Crippen molar-refractivity contribution in [3.8, 4) is 0 Å². The van der Waals surface area contributed by atoms with Gasteiger partial charge in [0.1, 0.15) is 0 Å². The highest BCUT2D eigenvalue weighted by atomic mass is 28.4. The fourth-order valence-corrected chi connectivity index (χ4v) is 9.48. The molecular formula is C27H46O3Si. The van der Waals surface area contributed by atoms with Gasteiger partial charge in [0.05, 0.1) is 13.2 Å². The summed E-state index contributed by atoms with van der Waals surface area (Å²) in [5.41, 5.74) is 2.35. The lowest BCUT2D eigenvalue weighted by Crippen LogP contribution is -2.53. The molecule has 176 valence electrons. The molecule has 1 heterocycles. The van der Waals surface area contributed by atoms with Crippen LogP contribution in [-0.4, -0.2) is 33.4 Å². The molecule has 0 N–H and O–H groups in total. The second-order valence-electron chi connectivity index (χ2n) is 13.4. The Kier molecular flexibility index (Phi) is 5.23. The minimum atomic E-state index is -1.70. The first-order valence-electron chi connectivity index (χ1n) is 13.1. The minimum Gasteiger partial charge on any atom is -0.414 e. The van der Waals surface area contributed by atoms with Gasteiger partial charge in [-0.05, 0) is 86.2 Å². The van der Waals surface area contributed by atoms with Crippen molar-refractivity contribution in [2.45, 2.75) is 116 Å². The molecule has 4 heteroatoms. The van der Waals surface area contributed by atoms with Gasteiger partial charge in [0.25, 0.3) is 0 Å². The van der Waals surface area contributed by atoms with Crippen LogP contribution in [0.4, 0.5) is 0 Å². The summed E-state index contributed by atoms with van der Waals surface area (Å²) in [6.45, 7) is 18.6. The predicted molar refractivity (Wildman–Crippen MR) is 128 cm³/mol. The molecular weight excluding hydrogens is 400 g/mol. The van der Waals surface area contributed by atoms with Gasteiger partial charge in [-0.3, -0.25) is 0 Å². The highest BCUT2D eigenvalue weighted by Gasteiger charge is 2.65. The number of ether oxygens (including phenoxy) is 2. The summed E-state index contributed by atoms with van der Waals surface area (Å²) in [4.78, 5) is 0. The number of allylic oxidation sites excluding steroid dienone is 2. The van der Waals surface area contributed by atoms with Crippen LogP contribution in [0, 0.1) is 28.6 Å². The van der Waals surface area contributed by atoms with Gasteiger partial charge in [-0.2, -0.15) is 0 Å². The number of rotatable bonds is 2. The molecule has 1 spiro atoms. The standard InChI is InChI=1S/C27H46O3Si/c1-24(2,3)31(6,7)30-20-10-13-25(4)19(18-20)8-9-21-22(25)11-14-26(5)23(21)12-15-27(26)28-16-17-29-27/h11,19-21,23H,8-10,12-18H2,1-7H3/t19-,20?,21?,23?,25+,26+/m1/s1. The second-order valence-corrected chi connectivity index (χ2v) is 18.2. The van der Waals surface area contributed by atoms with Crippen LogP contribution < -0.4 is 0 Å². The van der Waals surface area contributed by atoms with E-state index in [1.54, 1.807) is 0 Å². The molecule has 5 rings (SSSR count). The first kappa shape index (κ1) is 22.6. The van der Waals surface area contributed by atoms with Gasteiger partial charge >= 0.3 is 0 Å². The van der Waals surface area contributed by atoms with Crippen molar-refractivity contribution in [1.29, 1.82) is 0 Å². The highest BCUT2D eigenvalue weighted by molar-refractivity contribution is 6.74. The minimum absolute atomic E-state index is 0.156. The fourth-order valence-electron chi connectivity index (χ4n) is 8.07. The molecule has 4 fully saturated rings. The zero-order valence-electron chi connectivity index (χ0n) is 21.2. The summed E-state index contributed by atoms with van der Waals surface area (Å²) < 4.78 is 19.5. The molecule has 4 aliphatic carbocycles. The molecule has 0 aromatic heterocycles. The van der Waals surface area contributed by atoms with E-state index < -0.39 is 8.32 Å². The Morgan fingerprint density at radius 2 is 1.71 bits per heavy atom. The van der Waals surface area contributed by atoms with Gasteiger partial charge in [0.15, 0.2) is 14.1 Å². The lowest BCUT2D eigenvalue weighted by atomic mass is 9.49. The summed E-state index contributed by atoms with van der Waals surface area (Å²) in [6.07, 6.45) is 13.2. The molecule has 1 aliphatic heterocycles. The highest BCUT2D eigenvalue weighted by Crippen LogP contribution is 2.67. The van der Waals surface area contributed by atoms with Gasteiger partial charge in [-0.25, -0.2) is 0 Å². The van der Waals surface area contributed by atoms with Crippen LogP contribution in [0.15, 0.2) is 11.6 Å². The van der Waals surface area contributed by atoms with E-state index in [1.807, 2.05) is 5.57 Å². The zero-order chi connectivity index (χ0) is 22.3. The van der Waals surface area contributed by atoms with Crippen LogP contribution in [0.5, 0.6) is 0 Å². The van der Waals surface area contributed by atoms with Crippen molar-refractivity contribution in [2.75, 3.05) is 13.2 Å². The molecule has 0 bridgehead atoms. The summed E-state index contributed by atoms with van der Waals surface area (Å²) >= 11 is 0. The maximum atomic E-state index is 6.91. The first-order valence-corrected chi connectivity index (χ1v) is 16.0. The molecule has 1 saturated heterocycles. The SMILES string of the molecule is CC(C)(C)[Si](C)(C)OC1CC[C@]2(C)C3=CC[C@@]4(C)C(CCC45OCCO5)C3CC[C@@H]2C1. The molecule has 3 unspecified atom stereocenters. The fraction of sp³-hybridized carbons (Fsp3) is 0.926. The summed E-state index contributed by atoms with van der Waals surface area (Å²) in [5, 5.41) is 0.296. The van der Waals surface area contributed by atoms with Crippen LogP contribution in [0.25, 0.3) is 0 Å². The molecule has 0 amide bonds. The molecule has 3 saturated carbocycles. The smallest absolute Gasteiger partial charge is 0.192 e. The van der Waals surface area contributed by atoms with Crippen LogP contribution in [0.3, 0.4) is 0 Å². The largest absolute Gasteiger partial charge is 0.414 e. The lowest BCUT2D eigenvalue weighted by molar-refractivity contribution is -0.229. The summed E-state index contributed by atoms with van der Waals surface area (Å²) in [7, 11) is -1.70. The number of hydrogen-bond donors (Lipinski definition) is 0. The van der Waals surface area contributed by atoms with Crippen molar-refractivity contribution in [3.63, 3.8) is 0 Å². The van der Waals surface area contributed by atoms with Crippen molar-refractivity contribution >= 4 is 8.32 Å². The quantitative estimate of drug-likeness (QED) is 0.335. The third-order valence-corrected chi connectivity index (χ3v) is 15.6. The third kappa shape index (κ3) is 3.21. The zero-order valence-corrected chi connectivity index (χ0v) is 22.2. The van der Waals surface area contributed by atoms with E-state index in [2.05, 4.69) is 53.8 Å². The molecule has 0 aromatic rings. The second kappa shape index (κ2) is 7.17. The summed E-state index contributed by atoms with van der Waals surface area (Å²) in [5.74, 6) is 1.96. The van der Waals surface area contributed by atoms with Gasteiger partial charge in [0, 0.05) is 17.9 Å². The van der Waals surface area contributed by atoms with Gasteiger partial charge in [-0.1, -0.05) is 46.3 Å². The van der Waals surface area contributed by atoms with Crippen molar-refractivity contribution in [3.05, 3.63) is 11.6 Å². The van der Waals surface area contributed by atoms with E-state index >= 15 is 0 Å². The topological polar surface area (TPSA) is 27.7 Å². The average molecular weight is 447 g/mol. The average Bonchev–Trinajstić information content (AvgIpc) is 3.27. The van der Waals surface area contributed by atoms with E-state index in [0.29, 0.717) is 16.6 Å². The van der Waals surface area contributed by atoms with Crippen molar-refractivity contribution in [2.24, 2.45) is 28.6 Å². The first-order chi connectivity index (χ1) is 14.4. The van der Waals surface area contributed by atoms with Crippen LogP contribution >= 0.6 is 0 Å². The predicted octanol–water partition coefficient (Wildman–Crippen LogP) is 7.08. The lowest BCUT2D eigenvalue weighted by Gasteiger charge is -2.58. The monoisotopic (exact) mass is 446 g/mol. The van der Waals surface area contributed by atoms with Crippen molar-refractivity contribution in [1.82, 2.24) is 0 Å². The van der Waals surface area contributed by atoms with Crippen LogP contribution in [-0.2, 0) is 13.9 Å². The Morgan fingerprint density at radius 1 is 1.00 bits per heavy atom. The van der Waals surface area contributed by atoms with Gasteiger partial charge in [-0.15, -0.1) is 0 Å². The van der Waals surface area contributed by atoms with Crippen LogP contribution in [0.2, 0.25) is 18.1 Å². The van der Waals surface area contributed by atoms with Gasteiger partial charge in [0.2, 0.25) is 0 Å². The number of fused-ring (bicyclic) bond motifs is 6. The molecule has 5 aliphatic rings. The van der Waals surface area contributed by atoms with E-state index in [0.717, 1.165) is 43.8 Å². The van der Waals surface area contributed by atoms with Crippen molar-refractivity contribution < 1.29 is 13.9 Å². The Bertz CT molecular complexity index is 746. The summed E-state index contributed by atoms with van der Waals surface area (Å²) in [6, 6.07) is 0. The Labute approximate surface area is 191 Å². The van der Waals surface area contributed by atoms with E-state index in [4.69, 9.17) is 13.9 Å². The van der Waals surface area contributed by atoms with E-state index in [-0.39, 0.29) is 11.2 Å². The molecule has 0 aromatic carbocycles. The third-order valence-electron chi connectivity index (χ3n) is 11.0. The molecule has 3 nitrogen and oxygen atoms in total. The molecule has 0 radical (unpaired) electrons. The molecule has 6 atom stereocenters. The molecule has 31 heavy (non-hydrogen) atoms.